The van der Waals surface area contributed by atoms with Gasteiger partial charge in [0, 0.05) is 6.08 Å². The number of nitrogens with one attached hydrogen (secondary N) is 1. The van der Waals surface area contributed by atoms with Gasteiger partial charge in [-0.25, -0.2) is 4.39 Å². The summed E-state index contributed by atoms with van der Waals surface area (Å²) >= 11 is 0. The van der Waals surface area contributed by atoms with Crippen molar-refractivity contribution >= 4 is 12.0 Å². The van der Waals surface area contributed by atoms with Crippen molar-refractivity contribution in [2.75, 3.05) is 7.11 Å². The Morgan fingerprint density at radius 1 is 1.43 bits per heavy atom. The molecule has 0 aromatic heterocycles. The fraction of sp³-hybridized carbons (Fsp3) is 0.438. The molecule has 1 aromatic carbocycles. The van der Waals surface area contributed by atoms with Crippen molar-refractivity contribution in [3.05, 3.63) is 35.7 Å². The van der Waals surface area contributed by atoms with E-state index in [4.69, 9.17) is 4.74 Å². The Hall–Kier alpha value is -1.88. The average molecular weight is 293 g/mol. The largest absolute Gasteiger partial charge is 0.494 e. The lowest BCUT2D eigenvalue weighted by atomic mass is 9.92. The number of carbonyl (C=O) groups is 1. The monoisotopic (exact) mass is 293 g/mol. The maximum Gasteiger partial charge on any atom is 0.244 e. The van der Waals surface area contributed by atoms with E-state index in [1.807, 2.05) is 0 Å². The molecule has 1 aliphatic carbocycles. The third kappa shape index (κ3) is 4.29. The lowest BCUT2D eigenvalue weighted by Crippen LogP contribution is -2.44. The van der Waals surface area contributed by atoms with Gasteiger partial charge in [-0.15, -0.1) is 0 Å². The summed E-state index contributed by atoms with van der Waals surface area (Å²) in [5.74, 6) is -0.582. The second kappa shape index (κ2) is 7.22. The van der Waals surface area contributed by atoms with Gasteiger partial charge in [-0.3, -0.25) is 4.79 Å². The van der Waals surface area contributed by atoms with Crippen molar-refractivity contribution in [2.24, 2.45) is 0 Å². The molecule has 0 bridgehead atoms. The number of halogens is 1. The van der Waals surface area contributed by atoms with E-state index in [2.05, 4.69) is 5.32 Å². The molecule has 2 atom stereocenters. The average Bonchev–Trinajstić information content (AvgIpc) is 2.48. The van der Waals surface area contributed by atoms with Crippen LogP contribution in [0, 0.1) is 5.82 Å². The molecule has 4 nitrogen and oxygen atoms in total. The molecule has 5 heteroatoms. The molecular weight excluding hydrogens is 273 g/mol. The second-order valence-corrected chi connectivity index (χ2v) is 5.19. The van der Waals surface area contributed by atoms with Crippen LogP contribution >= 0.6 is 0 Å². The molecular formula is C16H20FNO3. The van der Waals surface area contributed by atoms with E-state index in [1.165, 1.54) is 31.4 Å². The number of aliphatic hydroxyl groups excluding tert-OH is 1. The molecule has 0 heterocycles. The smallest absolute Gasteiger partial charge is 0.244 e. The number of hydrogen-bond acceptors (Lipinski definition) is 3. The molecule has 0 saturated heterocycles. The van der Waals surface area contributed by atoms with Gasteiger partial charge in [-0.1, -0.05) is 18.9 Å². The topological polar surface area (TPSA) is 58.6 Å². The highest BCUT2D eigenvalue weighted by atomic mass is 19.1. The van der Waals surface area contributed by atoms with Gasteiger partial charge in [-0.2, -0.15) is 0 Å². The van der Waals surface area contributed by atoms with E-state index in [0.29, 0.717) is 5.56 Å². The van der Waals surface area contributed by atoms with Gasteiger partial charge in [0.2, 0.25) is 5.91 Å². The van der Waals surface area contributed by atoms with Crippen LogP contribution in [0.25, 0.3) is 6.08 Å². The van der Waals surface area contributed by atoms with Crippen molar-refractivity contribution in [1.82, 2.24) is 5.32 Å². The predicted molar refractivity (Wildman–Crippen MR) is 78.4 cm³/mol. The zero-order valence-corrected chi connectivity index (χ0v) is 12.0. The Bertz CT molecular complexity index is 530. The minimum Gasteiger partial charge on any atom is -0.494 e. The van der Waals surface area contributed by atoms with Crippen LogP contribution in [0.5, 0.6) is 5.75 Å². The number of carbonyl (C=O) groups excluding carboxylic acids is 1. The Morgan fingerprint density at radius 3 is 2.86 bits per heavy atom. The number of aliphatic hydroxyl groups is 1. The lowest BCUT2D eigenvalue weighted by molar-refractivity contribution is -0.118. The SMILES string of the molecule is COc1ccc(/C=C/C(=O)N[C@@H]2CCCC[C@H]2O)cc1F. The van der Waals surface area contributed by atoms with Gasteiger partial charge >= 0.3 is 0 Å². The third-order valence-electron chi connectivity index (χ3n) is 3.66. The number of ether oxygens (including phenoxy) is 1. The van der Waals surface area contributed by atoms with Crippen LogP contribution in [0.4, 0.5) is 4.39 Å². The highest BCUT2D eigenvalue weighted by molar-refractivity contribution is 5.91. The predicted octanol–water partition coefficient (Wildman–Crippen LogP) is 2.27. The lowest BCUT2D eigenvalue weighted by Gasteiger charge is -2.27. The Kier molecular flexibility index (Phi) is 5.33. The molecule has 2 N–H and O–H groups in total. The number of benzene rings is 1. The van der Waals surface area contributed by atoms with Crippen LogP contribution in [-0.4, -0.2) is 30.3 Å². The second-order valence-electron chi connectivity index (χ2n) is 5.19. The van der Waals surface area contributed by atoms with Crippen LogP contribution in [0.2, 0.25) is 0 Å². The highest BCUT2D eigenvalue weighted by Crippen LogP contribution is 2.19. The van der Waals surface area contributed by atoms with Crippen LogP contribution < -0.4 is 10.1 Å². The highest BCUT2D eigenvalue weighted by Gasteiger charge is 2.23. The van der Waals surface area contributed by atoms with Crippen molar-refractivity contribution in [3.8, 4) is 5.75 Å². The first-order chi connectivity index (χ1) is 10.1. The molecule has 21 heavy (non-hydrogen) atoms. The van der Waals surface area contributed by atoms with E-state index in [9.17, 15) is 14.3 Å². The van der Waals surface area contributed by atoms with Gasteiger partial charge in [0.15, 0.2) is 11.6 Å². The molecule has 1 saturated carbocycles. The fourth-order valence-corrected chi connectivity index (χ4v) is 2.47. The van der Waals surface area contributed by atoms with Crippen molar-refractivity contribution in [2.45, 2.75) is 37.8 Å². The molecule has 0 aliphatic heterocycles. The zero-order chi connectivity index (χ0) is 15.2. The summed E-state index contributed by atoms with van der Waals surface area (Å²) in [5, 5.41) is 12.6. The van der Waals surface area contributed by atoms with E-state index in [1.54, 1.807) is 6.07 Å². The third-order valence-corrected chi connectivity index (χ3v) is 3.66. The Morgan fingerprint density at radius 2 is 2.19 bits per heavy atom. The number of rotatable bonds is 4. The molecule has 114 valence electrons. The summed E-state index contributed by atoms with van der Waals surface area (Å²) in [5.41, 5.74) is 0.577. The van der Waals surface area contributed by atoms with Crippen LogP contribution in [-0.2, 0) is 4.79 Å². The molecule has 0 radical (unpaired) electrons. The number of hydrogen-bond donors (Lipinski definition) is 2. The maximum atomic E-state index is 13.5. The van der Waals surface area contributed by atoms with Crippen LogP contribution in [0.3, 0.4) is 0 Å². The van der Waals surface area contributed by atoms with Crippen molar-refractivity contribution < 1.29 is 19.0 Å². The minimum absolute atomic E-state index is 0.168. The summed E-state index contributed by atoms with van der Waals surface area (Å²) in [4.78, 5) is 11.8. The summed E-state index contributed by atoms with van der Waals surface area (Å²) in [6.07, 6.45) is 5.92. The van der Waals surface area contributed by atoms with Gasteiger partial charge in [-0.05, 0) is 36.6 Å². The summed E-state index contributed by atoms with van der Waals surface area (Å²) < 4.78 is 18.3. The van der Waals surface area contributed by atoms with E-state index < -0.39 is 11.9 Å². The van der Waals surface area contributed by atoms with E-state index >= 15 is 0 Å². The molecule has 1 aliphatic rings. The van der Waals surface area contributed by atoms with Gasteiger partial charge < -0.3 is 15.2 Å². The molecule has 2 rings (SSSR count). The maximum absolute atomic E-state index is 13.5. The van der Waals surface area contributed by atoms with Crippen LogP contribution in [0.1, 0.15) is 31.2 Å². The van der Waals surface area contributed by atoms with Gasteiger partial charge in [0.25, 0.3) is 0 Å². The van der Waals surface area contributed by atoms with Gasteiger partial charge in [0.05, 0.1) is 19.3 Å². The molecule has 0 unspecified atom stereocenters. The molecule has 0 spiro atoms. The van der Waals surface area contributed by atoms with Crippen LogP contribution in [0.15, 0.2) is 24.3 Å². The fourth-order valence-electron chi connectivity index (χ4n) is 2.47. The first-order valence-corrected chi connectivity index (χ1v) is 7.10. The first kappa shape index (κ1) is 15.5. The summed E-state index contributed by atoms with van der Waals surface area (Å²) in [6.45, 7) is 0. The van der Waals surface area contributed by atoms with E-state index in [0.717, 1.165) is 25.7 Å². The summed E-state index contributed by atoms with van der Waals surface area (Å²) in [7, 11) is 1.40. The van der Waals surface area contributed by atoms with Gasteiger partial charge in [0.1, 0.15) is 0 Å². The number of methoxy groups -OCH3 is 1. The molecule has 1 aromatic rings. The normalized spacial score (nSPS) is 22.2. The Balaban J connectivity index is 1.94. The zero-order valence-electron chi connectivity index (χ0n) is 12.0. The quantitative estimate of drug-likeness (QED) is 0.837. The Labute approximate surface area is 123 Å². The minimum atomic E-state index is -0.477. The standard InChI is InChI=1S/C16H20FNO3/c1-21-15-8-6-11(10-12(15)17)7-9-16(20)18-13-4-2-3-5-14(13)19/h6-10,13-14,19H,2-5H2,1H3,(H,18,20)/b9-7+/t13-,14-/m1/s1. The van der Waals surface area contributed by atoms with E-state index in [-0.39, 0.29) is 17.7 Å². The molecule has 1 amide bonds. The number of amides is 1. The summed E-state index contributed by atoms with van der Waals surface area (Å²) in [6, 6.07) is 4.29. The van der Waals surface area contributed by atoms with Crippen molar-refractivity contribution in [1.29, 1.82) is 0 Å². The van der Waals surface area contributed by atoms with Crippen molar-refractivity contribution in [3.63, 3.8) is 0 Å². The molecule has 1 fully saturated rings. The first-order valence-electron chi connectivity index (χ1n) is 7.10.